The SMILES string of the molecule is O=c1ccn(C2O[C@@](COP(=O)(O)OP(=O)(O)OP(=O)(O)O)(C(F)(F)F)[C@@H](O)[C@H]2F)c(=O)[nH]1. The number of H-pyrrole nitrogens is 1. The average Bonchev–Trinajstić information content (AvgIpc) is 2.82. The fraction of sp³-hybridized carbons (Fsp3) is 0.600. The van der Waals surface area contributed by atoms with Crippen molar-refractivity contribution in [3.05, 3.63) is 33.1 Å². The van der Waals surface area contributed by atoms with Crippen molar-refractivity contribution in [2.24, 2.45) is 0 Å². The van der Waals surface area contributed by atoms with Crippen LogP contribution in [0.2, 0.25) is 0 Å². The van der Waals surface area contributed by atoms with E-state index in [0.717, 1.165) is 0 Å². The van der Waals surface area contributed by atoms with Crippen LogP contribution in [0.15, 0.2) is 21.9 Å². The molecule has 2 heterocycles. The van der Waals surface area contributed by atoms with Gasteiger partial charge in [-0.15, -0.1) is 0 Å². The third-order valence-electron chi connectivity index (χ3n) is 3.85. The lowest BCUT2D eigenvalue weighted by atomic mass is 9.96. The largest absolute Gasteiger partial charge is 0.490 e. The van der Waals surface area contributed by atoms with Gasteiger partial charge in [0, 0.05) is 12.3 Å². The standard InChI is InChI=1S/C10H13F4N2O14P3/c11-5-6(18)9(10(12,13)14,28-7(5)16-2-1-4(17)15-8(16)19)3-27-32(23,24)30-33(25,26)29-31(20,21)22/h1-2,5-7,18H,3H2,(H,23,24)(H,25,26)(H,15,17,19)(H2,20,21,22)/t5-,6+,7?,9-/m1/s1. The number of aliphatic hydroxyl groups is 1. The Balaban J connectivity index is 2.35. The van der Waals surface area contributed by atoms with Gasteiger partial charge in [0.1, 0.15) is 6.10 Å². The van der Waals surface area contributed by atoms with Crippen molar-refractivity contribution < 1.29 is 73.8 Å². The molecule has 1 saturated heterocycles. The molecule has 33 heavy (non-hydrogen) atoms. The molecular formula is C10H13F4N2O14P3. The summed E-state index contributed by atoms with van der Waals surface area (Å²) < 4.78 is 104. The fourth-order valence-corrected chi connectivity index (χ4v) is 5.57. The Labute approximate surface area is 177 Å². The van der Waals surface area contributed by atoms with Crippen LogP contribution in [0.1, 0.15) is 6.23 Å². The zero-order valence-electron chi connectivity index (χ0n) is 15.3. The van der Waals surface area contributed by atoms with Gasteiger partial charge in [-0.2, -0.15) is 21.8 Å². The number of nitrogens with zero attached hydrogens (tertiary/aromatic N) is 1. The highest BCUT2D eigenvalue weighted by molar-refractivity contribution is 7.66. The Morgan fingerprint density at radius 1 is 1.12 bits per heavy atom. The zero-order valence-corrected chi connectivity index (χ0v) is 18.0. The molecule has 0 aromatic carbocycles. The molecule has 0 spiro atoms. The number of phosphoric acid groups is 3. The third kappa shape index (κ3) is 6.45. The molecule has 6 atom stereocenters. The summed E-state index contributed by atoms with van der Waals surface area (Å²) in [4.78, 5) is 59.6. The van der Waals surface area contributed by atoms with E-state index in [9.17, 15) is 50.8 Å². The zero-order chi connectivity index (χ0) is 25.6. The second-order valence-electron chi connectivity index (χ2n) is 6.17. The monoisotopic (exact) mass is 554 g/mol. The lowest BCUT2D eigenvalue weighted by Gasteiger charge is -2.33. The van der Waals surface area contributed by atoms with Gasteiger partial charge in [0.05, 0.1) is 6.61 Å². The number of halogens is 4. The van der Waals surface area contributed by atoms with Crippen molar-refractivity contribution in [2.75, 3.05) is 6.61 Å². The highest BCUT2D eigenvalue weighted by Crippen LogP contribution is 2.66. The number of aliphatic hydroxyl groups excluding tert-OH is 1. The van der Waals surface area contributed by atoms with E-state index in [1.807, 2.05) is 0 Å². The maximum atomic E-state index is 14.5. The maximum absolute atomic E-state index is 14.5. The minimum absolute atomic E-state index is 0.119. The molecule has 0 bridgehead atoms. The number of alkyl halides is 4. The third-order valence-corrected chi connectivity index (χ3v) is 7.63. The molecule has 23 heteroatoms. The number of ether oxygens (including phenoxy) is 1. The first-order valence-electron chi connectivity index (χ1n) is 7.86. The highest BCUT2D eigenvalue weighted by atomic mass is 31.3. The Morgan fingerprint density at radius 2 is 1.70 bits per heavy atom. The highest BCUT2D eigenvalue weighted by Gasteiger charge is 2.70. The molecule has 0 radical (unpaired) electrons. The number of aromatic amines is 1. The van der Waals surface area contributed by atoms with Crippen LogP contribution in [-0.4, -0.2) is 64.9 Å². The Morgan fingerprint density at radius 3 is 2.18 bits per heavy atom. The van der Waals surface area contributed by atoms with Crippen LogP contribution in [0, 0.1) is 0 Å². The summed E-state index contributed by atoms with van der Waals surface area (Å²) in [6.07, 6.45) is -14.1. The molecule has 1 aliphatic heterocycles. The van der Waals surface area contributed by atoms with E-state index >= 15 is 0 Å². The Bertz CT molecular complexity index is 1150. The molecular weight excluding hydrogens is 541 g/mol. The topological polar surface area (TPSA) is 244 Å². The normalized spacial score (nSPS) is 30.0. The van der Waals surface area contributed by atoms with Crippen LogP contribution in [0.25, 0.3) is 0 Å². The van der Waals surface area contributed by atoms with Crippen LogP contribution < -0.4 is 11.2 Å². The number of aromatic nitrogens is 2. The second kappa shape index (κ2) is 9.07. The Hall–Kier alpha value is -1.27. The number of nitrogens with one attached hydrogen (secondary N) is 1. The van der Waals surface area contributed by atoms with Gasteiger partial charge in [-0.3, -0.25) is 18.9 Å². The van der Waals surface area contributed by atoms with Crippen molar-refractivity contribution in [1.82, 2.24) is 9.55 Å². The molecule has 16 nitrogen and oxygen atoms in total. The summed E-state index contributed by atoms with van der Waals surface area (Å²) in [6, 6.07) is 0.601. The molecule has 1 fully saturated rings. The fourth-order valence-electron chi connectivity index (χ4n) is 2.52. The minimum Gasteiger partial charge on any atom is -0.386 e. The quantitative estimate of drug-likeness (QED) is 0.174. The molecule has 3 unspecified atom stereocenters. The number of rotatable bonds is 8. The summed E-state index contributed by atoms with van der Waals surface area (Å²) in [5.41, 5.74) is -6.65. The molecule has 1 aromatic heterocycles. The number of phosphoric ester groups is 1. The molecule has 2 rings (SSSR count). The first-order valence-corrected chi connectivity index (χ1v) is 12.4. The molecule has 190 valence electrons. The van der Waals surface area contributed by atoms with Gasteiger partial charge >= 0.3 is 35.3 Å². The number of hydrogen-bond donors (Lipinski definition) is 6. The van der Waals surface area contributed by atoms with Crippen LogP contribution in [0.5, 0.6) is 0 Å². The van der Waals surface area contributed by atoms with Gasteiger partial charge in [0.25, 0.3) is 5.56 Å². The van der Waals surface area contributed by atoms with Crippen LogP contribution in [0.4, 0.5) is 17.6 Å². The molecule has 0 aliphatic carbocycles. The summed E-state index contributed by atoms with van der Waals surface area (Å²) >= 11 is 0. The molecule has 1 aromatic rings. The van der Waals surface area contributed by atoms with E-state index < -0.39 is 71.6 Å². The average molecular weight is 554 g/mol. The number of hydrogen-bond acceptors (Lipinski definition) is 10. The molecule has 0 saturated carbocycles. The summed E-state index contributed by atoms with van der Waals surface area (Å²) in [7, 11) is -18.0. The van der Waals surface area contributed by atoms with Gasteiger partial charge in [0.2, 0.25) is 5.60 Å². The molecule has 1 aliphatic rings. The maximum Gasteiger partial charge on any atom is 0.490 e. The lowest BCUT2D eigenvalue weighted by Crippen LogP contribution is -2.57. The van der Waals surface area contributed by atoms with E-state index in [4.69, 9.17) is 14.7 Å². The summed E-state index contributed by atoms with van der Waals surface area (Å²) in [5.74, 6) is 0. The van der Waals surface area contributed by atoms with Crippen molar-refractivity contribution in [2.45, 2.75) is 30.3 Å². The van der Waals surface area contributed by atoms with E-state index in [0.29, 0.717) is 12.3 Å². The predicted octanol–water partition coefficient (Wildman–Crippen LogP) is -0.591. The summed E-state index contributed by atoms with van der Waals surface area (Å²) in [6.45, 7) is -2.30. The van der Waals surface area contributed by atoms with E-state index in [1.54, 1.807) is 4.98 Å². The van der Waals surface area contributed by atoms with E-state index in [-0.39, 0.29) is 4.57 Å². The van der Waals surface area contributed by atoms with Gasteiger partial charge < -0.3 is 29.4 Å². The van der Waals surface area contributed by atoms with E-state index in [1.165, 1.54) is 0 Å². The van der Waals surface area contributed by atoms with Crippen molar-refractivity contribution in [3.8, 4) is 0 Å². The van der Waals surface area contributed by atoms with Gasteiger partial charge in [-0.05, 0) is 0 Å². The van der Waals surface area contributed by atoms with Crippen LogP contribution >= 0.6 is 23.5 Å². The van der Waals surface area contributed by atoms with Crippen LogP contribution in [0.3, 0.4) is 0 Å². The summed E-state index contributed by atoms with van der Waals surface area (Å²) in [5, 5.41) is 9.87. The van der Waals surface area contributed by atoms with E-state index in [2.05, 4.69) is 17.9 Å². The first kappa shape index (κ1) is 28.0. The first-order chi connectivity index (χ1) is 14.7. The van der Waals surface area contributed by atoms with Gasteiger partial charge in [-0.25, -0.2) is 22.9 Å². The predicted molar refractivity (Wildman–Crippen MR) is 91.0 cm³/mol. The smallest absolute Gasteiger partial charge is 0.386 e. The van der Waals surface area contributed by atoms with Crippen LogP contribution in [-0.2, 0) is 31.6 Å². The lowest BCUT2D eigenvalue weighted by molar-refractivity contribution is -0.304. The molecule has 0 amide bonds. The Kier molecular flexibility index (Phi) is 7.69. The molecule has 6 N–H and O–H groups in total. The van der Waals surface area contributed by atoms with Crippen molar-refractivity contribution in [3.63, 3.8) is 0 Å². The van der Waals surface area contributed by atoms with Crippen molar-refractivity contribution in [1.29, 1.82) is 0 Å². The second-order valence-corrected chi connectivity index (χ2v) is 10.6. The van der Waals surface area contributed by atoms with Gasteiger partial charge in [-0.1, -0.05) is 0 Å². The van der Waals surface area contributed by atoms with Crippen molar-refractivity contribution >= 4 is 23.5 Å². The van der Waals surface area contributed by atoms with Gasteiger partial charge in [0.15, 0.2) is 12.4 Å². The minimum atomic E-state index is -6.13.